The molecule has 0 aliphatic carbocycles. The third-order valence-corrected chi connectivity index (χ3v) is 3.65. The number of carboxylic acids is 1. The lowest BCUT2D eigenvalue weighted by molar-refractivity contribution is 0.0689. The summed E-state index contributed by atoms with van der Waals surface area (Å²) in [6, 6.07) is 3.14. The summed E-state index contributed by atoms with van der Waals surface area (Å²) in [5, 5.41) is 43.0. The zero-order valence-corrected chi connectivity index (χ0v) is 16.1. The normalized spacial score (nSPS) is 8.92. The van der Waals surface area contributed by atoms with Gasteiger partial charge >= 0.3 is 5.97 Å². The van der Waals surface area contributed by atoms with Crippen molar-refractivity contribution in [2.75, 3.05) is 19.8 Å². The maximum absolute atomic E-state index is 10.6. The van der Waals surface area contributed by atoms with E-state index in [0.717, 1.165) is 3.57 Å². The molecular formula is C11H24AlI2NO9. The summed E-state index contributed by atoms with van der Waals surface area (Å²) in [5.74, 6) is -1.27. The summed E-state index contributed by atoms with van der Waals surface area (Å²) < 4.78 is 1.35. The van der Waals surface area contributed by atoms with Crippen molar-refractivity contribution in [3.63, 3.8) is 0 Å². The van der Waals surface area contributed by atoms with E-state index in [-0.39, 0.29) is 45.1 Å². The lowest BCUT2D eigenvalue weighted by Gasteiger charge is -2.20. The molecular weight excluding hydrogens is 571 g/mol. The highest BCUT2D eigenvalue weighted by Gasteiger charge is 2.20. The molecule has 0 spiro atoms. The maximum Gasteiger partial charge on any atom is 0.339 e. The molecule has 13 N–H and O–H groups in total. The lowest BCUT2D eigenvalue weighted by Crippen LogP contribution is -2.50. The minimum atomic E-state index is -1.21. The fourth-order valence-corrected chi connectivity index (χ4v) is 2.72. The van der Waals surface area contributed by atoms with E-state index in [1.165, 1.54) is 6.07 Å². The Morgan fingerprint density at radius 3 is 1.67 bits per heavy atom. The Morgan fingerprint density at radius 1 is 1.04 bits per heavy atom. The molecule has 0 unspecified atom stereocenters. The van der Waals surface area contributed by atoms with Crippen LogP contribution in [-0.4, -0.2) is 90.7 Å². The van der Waals surface area contributed by atoms with Gasteiger partial charge in [0.2, 0.25) is 0 Å². The van der Waals surface area contributed by atoms with E-state index in [0.29, 0.717) is 3.57 Å². The summed E-state index contributed by atoms with van der Waals surface area (Å²) in [4.78, 5) is 10.6. The summed E-state index contributed by atoms with van der Waals surface area (Å²) in [7, 11) is 0. The predicted octanol–water partition coefficient (Wildman–Crippen LogP) is -3.70. The van der Waals surface area contributed by atoms with Gasteiger partial charge in [-0.05, 0) is 57.3 Å². The van der Waals surface area contributed by atoms with E-state index in [2.05, 4.69) is 0 Å². The summed E-state index contributed by atoms with van der Waals surface area (Å²) in [6.45, 7) is -1.21. The van der Waals surface area contributed by atoms with Crippen molar-refractivity contribution in [2.24, 2.45) is 5.73 Å². The van der Waals surface area contributed by atoms with Gasteiger partial charge in [0, 0.05) is 3.57 Å². The van der Waals surface area contributed by atoms with Crippen LogP contribution in [0.15, 0.2) is 12.1 Å². The number of aromatic carboxylic acids is 1. The average Bonchev–Trinajstić information content (AvgIpc) is 2.42. The number of phenols is 1. The van der Waals surface area contributed by atoms with Crippen molar-refractivity contribution in [3.05, 3.63) is 24.8 Å². The van der Waals surface area contributed by atoms with Crippen LogP contribution in [0.25, 0.3) is 0 Å². The van der Waals surface area contributed by atoms with Gasteiger partial charge in [-0.25, -0.2) is 4.79 Å². The first-order chi connectivity index (χ1) is 9.20. The number of hydrogen-bond donors (Lipinski definition) is 6. The van der Waals surface area contributed by atoms with Crippen molar-refractivity contribution < 1.29 is 46.8 Å². The zero-order valence-electron chi connectivity index (χ0n) is 11.8. The van der Waals surface area contributed by atoms with Crippen LogP contribution in [0, 0.1) is 7.14 Å². The molecule has 1 aromatic rings. The molecule has 0 amide bonds. The highest BCUT2D eigenvalue weighted by Crippen LogP contribution is 2.26. The van der Waals surface area contributed by atoms with Crippen LogP contribution in [0.4, 0.5) is 0 Å². The number of carbonyl (C=O) groups is 1. The molecule has 0 fully saturated rings. The average molecular weight is 595 g/mol. The van der Waals surface area contributed by atoms with Crippen LogP contribution in [0.5, 0.6) is 5.75 Å². The Labute approximate surface area is 176 Å². The molecule has 0 aliphatic rings. The third-order valence-electron chi connectivity index (χ3n) is 2.20. The molecule has 10 nitrogen and oxygen atoms in total. The highest BCUT2D eigenvalue weighted by atomic mass is 127. The van der Waals surface area contributed by atoms with Gasteiger partial charge in [0.25, 0.3) is 0 Å². The van der Waals surface area contributed by atoms with Crippen molar-refractivity contribution in [3.8, 4) is 5.75 Å². The summed E-state index contributed by atoms with van der Waals surface area (Å²) in [6.07, 6.45) is 0. The molecule has 0 saturated heterocycles. The molecule has 0 heterocycles. The van der Waals surface area contributed by atoms with E-state index in [1.807, 2.05) is 45.2 Å². The van der Waals surface area contributed by atoms with Gasteiger partial charge in [0.05, 0.1) is 28.9 Å². The molecule has 24 heavy (non-hydrogen) atoms. The largest absolute Gasteiger partial charge is 0.506 e. The molecule has 144 valence electrons. The number of halogens is 2. The van der Waals surface area contributed by atoms with Crippen LogP contribution in [0.1, 0.15) is 10.4 Å². The third kappa shape index (κ3) is 11.7. The Hall–Kier alpha value is 0.202. The Kier molecular flexibility index (Phi) is 24.5. The highest BCUT2D eigenvalue weighted by molar-refractivity contribution is 14.1. The van der Waals surface area contributed by atoms with Crippen LogP contribution in [0.2, 0.25) is 0 Å². The van der Waals surface area contributed by atoms with Crippen LogP contribution >= 0.6 is 45.2 Å². The molecule has 0 aliphatic heterocycles. The van der Waals surface area contributed by atoms with E-state index < -0.39 is 31.3 Å². The molecule has 1 aromatic carbocycles. The topological polar surface area (TPSA) is 239 Å². The molecule has 0 radical (unpaired) electrons. The fourth-order valence-electron chi connectivity index (χ4n) is 0.879. The van der Waals surface area contributed by atoms with Gasteiger partial charge in [0.15, 0.2) is 17.4 Å². The van der Waals surface area contributed by atoms with Crippen molar-refractivity contribution >= 4 is 68.5 Å². The molecule has 13 heteroatoms. The Bertz CT molecular complexity index is 467. The van der Waals surface area contributed by atoms with Crippen LogP contribution in [-0.2, 0) is 0 Å². The van der Waals surface area contributed by atoms with Crippen molar-refractivity contribution in [1.29, 1.82) is 0 Å². The van der Waals surface area contributed by atoms with Gasteiger partial charge in [-0.15, -0.1) is 0 Å². The molecule has 0 atom stereocenters. The van der Waals surface area contributed by atoms with E-state index >= 15 is 0 Å². The van der Waals surface area contributed by atoms with E-state index in [9.17, 15) is 9.90 Å². The van der Waals surface area contributed by atoms with E-state index in [4.69, 9.17) is 26.2 Å². The second-order valence-corrected chi connectivity index (χ2v) is 6.33. The van der Waals surface area contributed by atoms with Crippen molar-refractivity contribution in [2.45, 2.75) is 5.54 Å². The Balaban J connectivity index is -0.0000000910. The predicted molar refractivity (Wildman–Crippen MR) is 109 cm³/mol. The van der Waals surface area contributed by atoms with Gasteiger partial charge in [0.1, 0.15) is 11.3 Å². The maximum atomic E-state index is 10.6. The molecule has 1 rings (SSSR count). The first-order valence-electron chi connectivity index (χ1n) is 5.23. The smallest absolute Gasteiger partial charge is 0.339 e. The van der Waals surface area contributed by atoms with Crippen LogP contribution in [0.3, 0.4) is 0 Å². The number of nitrogens with two attached hydrogens (primary N) is 1. The van der Waals surface area contributed by atoms with Gasteiger partial charge in [-0.2, -0.15) is 0 Å². The zero-order chi connectivity index (χ0) is 15.9. The molecule has 0 aromatic heterocycles. The molecule has 0 bridgehead atoms. The van der Waals surface area contributed by atoms with Gasteiger partial charge in [-0.1, -0.05) is 0 Å². The number of rotatable bonds is 4. The number of aliphatic hydroxyl groups is 3. The van der Waals surface area contributed by atoms with Crippen molar-refractivity contribution in [1.82, 2.24) is 0 Å². The number of aromatic hydroxyl groups is 1. The fraction of sp³-hybridized carbons (Fsp3) is 0.364. The first kappa shape index (κ1) is 35.3. The SMILES string of the molecule is NC(CO)(CO)CO.O.O.O.O=C(O)c1cc(I)cc(I)c1O.[AlH3]. The van der Waals surface area contributed by atoms with E-state index in [1.54, 1.807) is 6.07 Å². The first-order valence-corrected chi connectivity index (χ1v) is 7.39. The minimum absolute atomic E-state index is 0. The minimum Gasteiger partial charge on any atom is -0.506 e. The quantitative estimate of drug-likeness (QED) is 0.150. The Morgan fingerprint density at radius 2 is 1.42 bits per heavy atom. The van der Waals surface area contributed by atoms with Gasteiger partial charge in [-0.3, -0.25) is 0 Å². The number of benzene rings is 1. The second kappa shape index (κ2) is 16.7. The summed E-state index contributed by atoms with van der Waals surface area (Å²) >= 11 is 3.89. The number of carboxylic acid groups (broad SMARTS) is 1. The second-order valence-electron chi connectivity index (χ2n) is 3.93. The molecule has 0 saturated carbocycles. The summed E-state index contributed by atoms with van der Waals surface area (Å²) in [5.41, 5.74) is 3.89. The van der Waals surface area contributed by atoms with Crippen LogP contribution < -0.4 is 5.73 Å². The number of aliphatic hydroxyl groups excluding tert-OH is 3. The standard InChI is InChI=1S/C7H4I2O3.C4H11NO3.Al.3H2O.3H/c8-3-1-4(7(11)12)6(10)5(9)2-3;5-4(1-6,2-7)3-8;;;;;;;/h1-2,10H,(H,11,12);6-8H,1-3,5H2;;3*1H2;;;. The monoisotopic (exact) mass is 595 g/mol. The lowest BCUT2D eigenvalue weighted by atomic mass is 10.1. The number of hydrogen-bond acceptors (Lipinski definition) is 6. The van der Waals surface area contributed by atoms with Gasteiger partial charge < -0.3 is 47.7 Å².